The number of anilines is 1. The highest BCUT2D eigenvalue weighted by Crippen LogP contribution is 2.13. The van der Waals surface area contributed by atoms with Gasteiger partial charge in [-0.2, -0.15) is 0 Å². The normalized spacial score (nSPS) is 10.5. The van der Waals surface area contributed by atoms with Gasteiger partial charge in [0, 0.05) is 10.7 Å². The minimum Gasteiger partial charge on any atom is -0.480 e. The molecule has 2 N–H and O–H groups in total. The zero-order chi connectivity index (χ0) is 14.3. The Morgan fingerprint density at radius 1 is 1.26 bits per heavy atom. The summed E-state index contributed by atoms with van der Waals surface area (Å²) in [5.74, 6) is -1.18. The van der Waals surface area contributed by atoms with Gasteiger partial charge >= 0.3 is 5.97 Å². The van der Waals surface area contributed by atoms with Gasteiger partial charge in [0.1, 0.15) is 0 Å². The first-order chi connectivity index (χ1) is 9.01. The first-order valence-electron chi connectivity index (χ1n) is 6.01. The molecule has 1 aromatic rings. The summed E-state index contributed by atoms with van der Waals surface area (Å²) in [5, 5.41) is 12.0. The molecule has 0 atom stereocenters. The van der Waals surface area contributed by atoms with Crippen LogP contribution >= 0.6 is 11.6 Å². The molecule has 0 aliphatic heterocycles. The van der Waals surface area contributed by atoms with Gasteiger partial charge in [0.2, 0.25) is 5.91 Å². The van der Waals surface area contributed by atoms with E-state index in [1.54, 1.807) is 29.2 Å². The summed E-state index contributed by atoms with van der Waals surface area (Å²) in [6.45, 7) is 2.43. The molecule has 0 aliphatic rings. The lowest BCUT2D eigenvalue weighted by Gasteiger charge is -2.18. The van der Waals surface area contributed by atoms with E-state index in [1.807, 2.05) is 6.92 Å². The van der Waals surface area contributed by atoms with Crippen molar-refractivity contribution >= 4 is 29.2 Å². The molecule has 0 spiro atoms. The van der Waals surface area contributed by atoms with Gasteiger partial charge in [-0.05, 0) is 37.2 Å². The fourth-order valence-corrected chi connectivity index (χ4v) is 1.78. The van der Waals surface area contributed by atoms with E-state index < -0.39 is 5.97 Å². The highest BCUT2D eigenvalue weighted by Gasteiger charge is 2.13. The fourth-order valence-electron chi connectivity index (χ4n) is 1.66. The number of carboxylic acid groups (broad SMARTS) is 1. The van der Waals surface area contributed by atoms with Crippen LogP contribution in [0, 0.1) is 0 Å². The van der Waals surface area contributed by atoms with Crippen molar-refractivity contribution in [1.82, 2.24) is 4.90 Å². The summed E-state index contributed by atoms with van der Waals surface area (Å²) >= 11 is 5.74. The maximum Gasteiger partial charge on any atom is 0.317 e. The monoisotopic (exact) mass is 284 g/mol. The first kappa shape index (κ1) is 15.5. The van der Waals surface area contributed by atoms with Gasteiger partial charge in [-0.1, -0.05) is 18.5 Å². The number of rotatable bonds is 7. The van der Waals surface area contributed by atoms with Crippen molar-refractivity contribution in [2.45, 2.75) is 13.3 Å². The number of benzene rings is 1. The predicted octanol–water partition coefficient (Wildman–Crippen LogP) is 2.08. The minimum atomic E-state index is -0.937. The van der Waals surface area contributed by atoms with E-state index in [0.29, 0.717) is 17.3 Å². The van der Waals surface area contributed by atoms with E-state index in [0.717, 1.165) is 6.42 Å². The Labute approximate surface area is 117 Å². The molecule has 0 aliphatic carbocycles. The predicted molar refractivity (Wildman–Crippen MR) is 74.4 cm³/mol. The van der Waals surface area contributed by atoms with Crippen LogP contribution < -0.4 is 5.32 Å². The second kappa shape index (κ2) is 7.76. The Hall–Kier alpha value is -1.59. The molecule has 1 amide bonds. The summed E-state index contributed by atoms with van der Waals surface area (Å²) in [6.07, 6.45) is 0.793. The second-order valence-corrected chi connectivity index (χ2v) is 4.60. The smallest absolute Gasteiger partial charge is 0.317 e. The van der Waals surface area contributed by atoms with Gasteiger partial charge < -0.3 is 10.4 Å². The molecule has 0 saturated heterocycles. The first-order valence-corrected chi connectivity index (χ1v) is 6.38. The van der Waals surface area contributed by atoms with Gasteiger partial charge in [0.25, 0.3) is 0 Å². The van der Waals surface area contributed by atoms with Gasteiger partial charge in [0.15, 0.2) is 0 Å². The highest BCUT2D eigenvalue weighted by atomic mass is 35.5. The Kier molecular flexibility index (Phi) is 6.32. The van der Waals surface area contributed by atoms with Crippen LogP contribution in [-0.4, -0.2) is 41.5 Å². The number of amides is 1. The number of aliphatic carboxylic acids is 1. The molecule has 1 aromatic carbocycles. The van der Waals surface area contributed by atoms with Crippen LogP contribution in [0.4, 0.5) is 5.69 Å². The Balaban J connectivity index is 2.52. The van der Waals surface area contributed by atoms with Crippen LogP contribution in [0.1, 0.15) is 13.3 Å². The van der Waals surface area contributed by atoms with E-state index >= 15 is 0 Å². The minimum absolute atomic E-state index is 0.0583. The van der Waals surface area contributed by atoms with Crippen molar-refractivity contribution in [3.63, 3.8) is 0 Å². The Bertz CT molecular complexity index is 434. The lowest BCUT2D eigenvalue weighted by molar-refractivity contribution is -0.138. The van der Waals surface area contributed by atoms with Gasteiger partial charge in [0.05, 0.1) is 13.1 Å². The summed E-state index contributed by atoms with van der Waals surface area (Å²) in [4.78, 5) is 24.1. The Morgan fingerprint density at radius 2 is 1.89 bits per heavy atom. The highest BCUT2D eigenvalue weighted by molar-refractivity contribution is 6.30. The number of nitrogens with one attached hydrogen (secondary N) is 1. The van der Waals surface area contributed by atoms with Crippen molar-refractivity contribution in [2.24, 2.45) is 0 Å². The molecule has 0 unspecified atom stereocenters. The average molecular weight is 285 g/mol. The number of carboxylic acids is 1. The van der Waals surface area contributed by atoms with Crippen molar-refractivity contribution in [1.29, 1.82) is 0 Å². The van der Waals surface area contributed by atoms with Gasteiger partial charge in [-0.25, -0.2) is 0 Å². The molecule has 19 heavy (non-hydrogen) atoms. The topological polar surface area (TPSA) is 69.6 Å². The lowest BCUT2D eigenvalue weighted by Crippen LogP contribution is -2.37. The van der Waals surface area contributed by atoms with Crippen molar-refractivity contribution in [3.8, 4) is 0 Å². The molecule has 5 nitrogen and oxygen atoms in total. The zero-order valence-electron chi connectivity index (χ0n) is 10.7. The summed E-state index contributed by atoms with van der Waals surface area (Å²) in [5.41, 5.74) is 0.640. The largest absolute Gasteiger partial charge is 0.480 e. The molecule has 0 fully saturated rings. The molecule has 0 bridgehead atoms. The van der Waals surface area contributed by atoms with Crippen molar-refractivity contribution in [3.05, 3.63) is 29.3 Å². The van der Waals surface area contributed by atoms with Crippen molar-refractivity contribution in [2.75, 3.05) is 25.0 Å². The fraction of sp³-hybridized carbons (Fsp3) is 0.385. The number of halogens is 1. The molecule has 0 heterocycles. The summed E-state index contributed by atoms with van der Waals surface area (Å²) in [6, 6.07) is 6.75. The van der Waals surface area contributed by atoms with Crippen LogP contribution in [0.25, 0.3) is 0 Å². The molecule has 104 valence electrons. The van der Waals surface area contributed by atoms with Crippen LogP contribution in [0.5, 0.6) is 0 Å². The van der Waals surface area contributed by atoms with E-state index in [9.17, 15) is 9.59 Å². The van der Waals surface area contributed by atoms with Crippen LogP contribution in [0.2, 0.25) is 5.02 Å². The molecule has 0 aromatic heterocycles. The Morgan fingerprint density at radius 3 is 2.42 bits per heavy atom. The number of hydrogen-bond acceptors (Lipinski definition) is 3. The third-order valence-corrected chi connectivity index (χ3v) is 2.65. The van der Waals surface area contributed by atoms with Crippen LogP contribution in [0.15, 0.2) is 24.3 Å². The lowest BCUT2D eigenvalue weighted by atomic mass is 10.3. The number of carbonyl (C=O) groups excluding carboxylic acids is 1. The maximum absolute atomic E-state index is 11.8. The van der Waals surface area contributed by atoms with E-state index in [1.165, 1.54) is 0 Å². The standard InChI is InChI=1S/C13H17ClN2O3/c1-2-7-16(9-13(18)19)8-12(17)15-11-5-3-10(14)4-6-11/h3-6H,2,7-9H2,1H3,(H,15,17)(H,18,19). The van der Waals surface area contributed by atoms with Crippen molar-refractivity contribution < 1.29 is 14.7 Å². The summed E-state index contributed by atoms with van der Waals surface area (Å²) < 4.78 is 0. The summed E-state index contributed by atoms with van der Waals surface area (Å²) in [7, 11) is 0. The van der Waals surface area contributed by atoms with Gasteiger partial charge in [-0.3, -0.25) is 14.5 Å². The third kappa shape index (κ3) is 6.22. The molecule has 0 saturated carbocycles. The number of carbonyl (C=O) groups is 2. The maximum atomic E-state index is 11.8. The SMILES string of the molecule is CCCN(CC(=O)O)CC(=O)Nc1ccc(Cl)cc1. The number of nitrogens with zero attached hydrogens (tertiary/aromatic N) is 1. The van der Waals surface area contributed by atoms with Crippen LogP contribution in [0.3, 0.4) is 0 Å². The van der Waals surface area contributed by atoms with Crippen LogP contribution in [-0.2, 0) is 9.59 Å². The average Bonchev–Trinajstić information content (AvgIpc) is 2.31. The molecule has 6 heteroatoms. The zero-order valence-corrected chi connectivity index (χ0v) is 11.5. The van der Waals surface area contributed by atoms with E-state index in [2.05, 4.69) is 5.32 Å². The third-order valence-electron chi connectivity index (χ3n) is 2.39. The van der Waals surface area contributed by atoms with E-state index in [-0.39, 0.29) is 19.0 Å². The van der Waals surface area contributed by atoms with Gasteiger partial charge in [-0.15, -0.1) is 0 Å². The molecular formula is C13H17ClN2O3. The number of hydrogen-bond donors (Lipinski definition) is 2. The quantitative estimate of drug-likeness (QED) is 0.804. The molecule has 1 rings (SSSR count). The molecular weight excluding hydrogens is 268 g/mol. The molecule has 0 radical (unpaired) electrons. The van der Waals surface area contributed by atoms with E-state index in [4.69, 9.17) is 16.7 Å². The second-order valence-electron chi connectivity index (χ2n) is 4.16.